The molecule has 5 aromatic rings. The fraction of sp³-hybridized carbons (Fsp3) is 0.408. The number of carbonyl (C=O) groups excluding carboxylic acids is 1. The highest BCUT2D eigenvalue weighted by Gasteiger charge is 2.57. The van der Waals surface area contributed by atoms with E-state index in [0.717, 1.165) is 63.6 Å². The van der Waals surface area contributed by atoms with Crippen LogP contribution in [-0.2, 0) is 24.3 Å². The van der Waals surface area contributed by atoms with Gasteiger partial charge in [0.1, 0.15) is 0 Å². The van der Waals surface area contributed by atoms with Crippen LogP contribution in [0.15, 0.2) is 115 Å². The first-order chi connectivity index (χ1) is 27.0. The Morgan fingerprint density at radius 3 is 2.54 bits per heavy atom. The Labute approximate surface area is 336 Å². The van der Waals surface area contributed by atoms with Gasteiger partial charge in [-0.05, 0) is 116 Å². The number of aryl methyl sites for hydroxylation is 1. The molecule has 3 aliphatic carbocycles. The second kappa shape index (κ2) is 17.7. The van der Waals surface area contributed by atoms with Crippen LogP contribution >= 0.6 is 11.3 Å². The summed E-state index contributed by atoms with van der Waals surface area (Å²) in [6, 6.07) is 34.9. The predicted octanol–water partition coefficient (Wildman–Crippen LogP) is 9.56. The zero-order valence-corrected chi connectivity index (χ0v) is 33.9. The SMILES string of the molecule is CC1=CCCC2(C)C(CCC2(O)CN(Cc2cccc3ccccc23)CC(O)COCc2ccccc2)c2ccc(cc2C(=O)c2ccc(C)s2)CC(O)CC1. The van der Waals surface area contributed by atoms with Gasteiger partial charge in [-0.1, -0.05) is 104 Å². The van der Waals surface area contributed by atoms with Crippen LogP contribution < -0.4 is 0 Å². The lowest BCUT2D eigenvalue weighted by Crippen LogP contribution is -2.53. The molecule has 8 rings (SSSR count). The van der Waals surface area contributed by atoms with Gasteiger partial charge in [0.25, 0.3) is 0 Å². The van der Waals surface area contributed by atoms with Gasteiger partial charge in [0.2, 0.25) is 5.78 Å². The molecule has 0 radical (unpaired) electrons. The Morgan fingerprint density at radius 1 is 0.946 bits per heavy atom. The Hall–Kier alpha value is -3.95. The van der Waals surface area contributed by atoms with Gasteiger partial charge in [0.05, 0.1) is 35.9 Å². The van der Waals surface area contributed by atoms with Gasteiger partial charge in [0.15, 0.2) is 0 Å². The van der Waals surface area contributed by atoms with Gasteiger partial charge in [-0.3, -0.25) is 9.69 Å². The monoisotopic (exact) mass is 771 g/mol. The van der Waals surface area contributed by atoms with E-state index in [-0.39, 0.29) is 18.3 Å². The van der Waals surface area contributed by atoms with Crippen molar-refractivity contribution in [3.05, 3.63) is 152 Å². The van der Waals surface area contributed by atoms with Crippen molar-refractivity contribution in [3.63, 3.8) is 0 Å². The van der Waals surface area contributed by atoms with E-state index in [0.29, 0.717) is 55.9 Å². The van der Waals surface area contributed by atoms with Crippen molar-refractivity contribution in [2.75, 3.05) is 19.7 Å². The van der Waals surface area contributed by atoms with Crippen molar-refractivity contribution in [2.24, 2.45) is 5.41 Å². The third-order valence-electron chi connectivity index (χ3n) is 12.5. The van der Waals surface area contributed by atoms with E-state index in [4.69, 9.17) is 4.74 Å². The summed E-state index contributed by atoms with van der Waals surface area (Å²) in [6.07, 6.45) is 5.77. The summed E-state index contributed by atoms with van der Waals surface area (Å²) in [6.45, 7) is 8.24. The van der Waals surface area contributed by atoms with Crippen LogP contribution in [-0.4, -0.2) is 63.5 Å². The molecule has 0 saturated heterocycles. The lowest BCUT2D eigenvalue weighted by molar-refractivity contribution is -0.0922. The normalized spacial score (nSPS) is 23.5. The van der Waals surface area contributed by atoms with Crippen LogP contribution in [0, 0.1) is 12.3 Å². The van der Waals surface area contributed by atoms with Crippen LogP contribution in [0.5, 0.6) is 0 Å². The standard InChI is InChI=1S/C49H57NO5S/c1-34-11-10-25-48(3)45(43-22-20-37(27-40(51)21-18-34)28-44(43)47(53)46-23-19-35(2)56-46)24-26-49(48,54)33-50(29-39-16-9-15-38-14-7-8-17-42(38)39)30-41(52)32-55-31-36-12-5-4-6-13-36/h4-9,11-17,19-20,22-23,28,40-41,45,51-52,54H,10,18,21,24-27,29-33H2,1-3H3. The summed E-state index contributed by atoms with van der Waals surface area (Å²) in [5, 5.41) is 38.1. The van der Waals surface area contributed by atoms with Gasteiger partial charge in [-0.15, -0.1) is 11.3 Å². The first-order valence-electron chi connectivity index (χ1n) is 20.3. The van der Waals surface area contributed by atoms with E-state index in [1.54, 1.807) is 0 Å². The number of hydrogen-bond donors (Lipinski definition) is 3. The highest BCUT2D eigenvalue weighted by Crippen LogP contribution is 2.59. The summed E-state index contributed by atoms with van der Waals surface area (Å²) in [4.78, 5) is 18.4. The molecule has 1 fully saturated rings. The molecular formula is C49H57NO5S. The Balaban J connectivity index is 1.24. The highest BCUT2D eigenvalue weighted by molar-refractivity contribution is 7.14. The van der Waals surface area contributed by atoms with Gasteiger partial charge in [0, 0.05) is 35.5 Å². The number of carbonyl (C=O) groups is 1. The smallest absolute Gasteiger partial charge is 0.203 e. The molecule has 0 aliphatic heterocycles. The number of nitrogens with zero attached hydrogens (tertiary/aromatic N) is 1. The molecule has 2 bridgehead atoms. The number of thiophene rings is 1. The molecule has 5 unspecified atom stereocenters. The molecule has 7 heteroatoms. The van der Waals surface area contributed by atoms with E-state index >= 15 is 0 Å². The van der Waals surface area contributed by atoms with Crippen LogP contribution in [0.2, 0.25) is 0 Å². The maximum absolute atomic E-state index is 14.4. The number of ketones is 1. The van der Waals surface area contributed by atoms with Crippen molar-refractivity contribution in [1.29, 1.82) is 0 Å². The molecule has 1 heterocycles. The Morgan fingerprint density at radius 2 is 1.73 bits per heavy atom. The molecular weight excluding hydrogens is 715 g/mol. The average Bonchev–Trinajstić information content (AvgIpc) is 3.73. The molecule has 0 spiro atoms. The van der Waals surface area contributed by atoms with Crippen molar-refractivity contribution >= 4 is 27.9 Å². The topological polar surface area (TPSA) is 90.2 Å². The average molecular weight is 772 g/mol. The van der Waals surface area contributed by atoms with Gasteiger partial charge in [-0.2, -0.15) is 0 Å². The second-order valence-corrected chi connectivity index (χ2v) is 17.9. The van der Waals surface area contributed by atoms with E-state index in [1.165, 1.54) is 16.9 Å². The number of ether oxygens (including phenoxy) is 1. The van der Waals surface area contributed by atoms with E-state index in [9.17, 15) is 20.1 Å². The van der Waals surface area contributed by atoms with Crippen molar-refractivity contribution < 1.29 is 24.9 Å². The molecule has 3 aliphatic rings. The molecule has 4 aromatic carbocycles. The van der Waals surface area contributed by atoms with Crippen molar-refractivity contribution in [3.8, 4) is 0 Å². The van der Waals surface area contributed by atoms with E-state index in [1.807, 2.05) is 55.5 Å². The maximum atomic E-state index is 14.4. The lowest BCUT2D eigenvalue weighted by Gasteiger charge is -2.46. The molecule has 1 aromatic heterocycles. The third kappa shape index (κ3) is 9.10. The first-order valence-corrected chi connectivity index (χ1v) is 21.1. The largest absolute Gasteiger partial charge is 0.393 e. The number of aliphatic hydroxyl groups excluding tert-OH is 2. The maximum Gasteiger partial charge on any atom is 0.203 e. The minimum atomic E-state index is -1.12. The quantitative estimate of drug-likeness (QED) is 0.0865. The fourth-order valence-corrected chi connectivity index (χ4v) is 10.2. The zero-order chi connectivity index (χ0) is 39.3. The van der Waals surface area contributed by atoms with Crippen LogP contribution in [0.3, 0.4) is 0 Å². The number of allylic oxidation sites excluding steroid dienone is 2. The molecule has 1 saturated carbocycles. The van der Waals surface area contributed by atoms with Gasteiger partial charge < -0.3 is 20.1 Å². The summed E-state index contributed by atoms with van der Waals surface area (Å²) >= 11 is 1.51. The first kappa shape index (κ1) is 40.3. The third-order valence-corrected chi connectivity index (χ3v) is 13.5. The second-order valence-electron chi connectivity index (χ2n) is 16.6. The number of fused-ring (bicyclic) bond motifs is 9. The van der Waals surface area contributed by atoms with E-state index < -0.39 is 23.2 Å². The Kier molecular flexibility index (Phi) is 12.7. The van der Waals surface area contributed by atoms with Gasteiger partial charge >= 0.3 is 0 Å². The molecule has 0 amide bonds. The summed E-state index contributed by atoms with van der Waals surface area (Å²) < 4.78 is 6.01. The summed E-state index contributed by atoms with van der Waals surface area (Å²) in [7, 11) is 0. The Bertz CT molecular complexity index is 2140. The number of aliphatic hydroxyl groups is 3. The number of benzene rings is 4. The van der Waals surface area contributed by atoms with Crippen LogP contribution in [0.25, 0.3) is 10.8 Å². The van der Waals surface area contributed by atoms with Crippen LogP contribution in [0.4, 0.5) is 0 Å². The molecule has 3 N–H and O–H groups in total. The lowest BCUT2D eigenvalue weighted by atomic mass is 9.64. The zero-order valence-electron chi connectivity index (χ0n) is 33.1. The number of hydrogen-bond acceptors (Lipinski definition) is 7. The summed E-state index contributed by atoms with van der Waals surface area (Å²) in [5.41, 5.74) is 4.34. The fourth-order valence-electron chi connectivity index (χ4n) is 9.35. The predicted molar refractivity (Wildman–Crippen MR) is 227 cm³/mol. The van der Waals surface area contributed by atoms with E-state index in [2.05, 4.69) is 79.4 Å². The highest BCUT2D eigenvalue weighted by atomic mass is 32.1. The minimum Gasteiger partial charge on any atom is -0.393 e. The van der Waals surface area contributed by atoms with Crippen molar-refractivity contribution in [1.82, 2.24) is 4.90 Å². The summed E-state index contributed by atoms with van der Waals surface area (Å²) in [5.74, 6) is -0.0760. The van der Waals surface area contributed by atoms with Crippen molar-refractivity contribution in [2.45, 2.75) is 103 Å². The minimum absolute atomic E-state index is 0.00581. The molecule has 56 heavy (non-hydrogen) atoms. The molecule has 5 atom stereocenters. The van der Waals surface area contributed by atoms with Crippen LogP contribution in [0.1, 0.15) is 101 Å². The molecule has 294 valence electrons. The number of rotatable bonds is 12. The molecule has 6 nitrogen and oxygen atoms in total. The van der Waals surface area contributed by atoms with Gasteiger partial charge in [-0.25, -0.2) is 0 Å².